The number of aromatic nitrogens is 3. The van der Waals surface area contributed by atoms with E-state index in [0.29, 0.717) is 6.04 Å². The summed E-state index contributed by atoms with van der Waals surface area (Å²) < 4.78 is 2.89. The molecular weight excluding hydrogens is 268 g/mol. The van der Waals surface area contributed by atoms with Crippen LogP contribution in [0.25, 0.3) is 11.2 Å². The molecule has 2 aromatic rings. The van der Waals surface area contributed by atoms with E-state index in [1.807, 2.05) is 13.0 Å². The lowest BCUT2D eigenvalue weighted by Gasteiger charge is -2.20. The number of hydrogen-bond donors (Lipinski definition) is 1. The average molecular weight is 292 g/mol. The Bertz CT molecular complexity index is 626. The van der Waals surface area contributed by atoms with Gasteiger partial charge in [-0.1, -0.05) is 0 Å². The first-order chi connectivity index (χ1) is 9.49. The predicted octanol–water partition coefficient (Wildman–Crippen LogP) is 3.52. The lowest BCUT2D eigenvalue weighted by Crippen LogP contribution is -2.27. The first-order valence-electron chi connectivity index (χ1n) is 7.25. The maximum Gasteiger partial charge on any atom is 0.179 e. The molecule has 2 aromatic heterocycles. The Morgan fingerprint density at radius 2 is 2.10 bits per heavy atom. The Labute approximate surface area is 125 Å². The molecule has 1 N–H and O–H groups in total. The Hall–Kier alpha value is -1.20. The lowest BCUT2D eigenvalue weighted by atomic mass is 10.2. The van der Waals surface area contributed by atoms with Gasteiger partial charge in [-0.3, -0.25) is 0 Å². The van der Waals surface area contributed by atoms with Gasteiger partial charge in [0.05, 0.1) is 5.52 Å². The molecule has 4 nitrogen and oxygen atoms in total. The lowest BCUT2D eigenvalue weighted by molar-refractivity contribution is 0.266. The van der Waals surface area contributed by atoms with Crippen molar-refractivity contribution in [2.24, 2.45) is 0 Å². The van der Waals surface area contributed by atoms with E-state index in [0.717, 1.165) is 41.1 Å². The smallest absolute Gasteiger partial charge is 0.179 e. The monoisotopic (exact) mass is 292 g/mol. The summed E-state index contributed by atoms with van der Waals surface area (Å²) in [4.78, 5) is 10.2. The molecule has 0 aliphatic carbocycles. The van der Waals surface area contributed by atoms with Gasteiger partial charge in [-0.2, -0.15) is 0 Å². The van der Waals surface area contributed by atoms with Gasteiger partial charge < -0.3 is 14.5 Å². The zero-order valence-electron chi connectivity index (χ0n) is 12.8. The van der Waals surface area contributed by atoms with Gasteiger partial charge in [-0.05, 0) is 71.6 Å². The highest BCUT2D eigenvalue weighted by Crippen LogP contribution is 2.13. The first kappa shape index (κ1) is 15.2. The number of rotatable bonds is 6. The minimum atomic E-state index is 0.606. The SMILES string of the molecule is Cc1ccc2[nH]c(=S)n(CCCCN(C)C(C)C)c2n1. The number of nitrogens with one attached hydrogen (secondary N) is 1. The third kappa shape index (κ3) is 3.46. The molecule has 0 radical (unpaired) electrons. The Balaban J connectivity index is 2.01. The fourth-order valence-electron chi connectivity index (χ4n) is 2.22. The third-order valence-electron chi connectivity index (χ3n) is 3.78. The third-order valence-corrected chi connectivity index (χ3v) is 4.10. The van der Waals surface area contributed by atoms with Crippen LogP contribution in [0, 0.1) is 11.7 Å². The van der Waals surface area contributed by atoms with Gasteiger partial charge in [0.2, 0.25) is 0 Å². The van der Waals surface area contributed by atoms with E-state index in [-0.39, 0.29) is 0 Å². The molecular formula is C15H24N4S. The average Bonchev–Trinajstić information content (AvgIpc) is 2.70. The minimum absolute atomic E-state index is 0.606. The molecule has 2 heterocycles. The van der Waals surface area contributed by atoms with Crippen LogP contribution in [0.15, 0.2) is 12.1 Å². The van der Waals surface area contributed by atoms with E-state index in [9.17, 15) is 0 Å². The molecule has 0 aliphatic heterocycles. The van der Waals surface area contributed by atoms with Crippen LogP contribution in [0.5, 0.6) is 0 Å². The van der Waals surface area contributed by atoms with Crippen LogP contribution >= 0.6 is 12.2 Å². The zero-order chi connectivity index (χ0) is 14.7. The summed E-state index contributed by atoms with van der Waals surface area (Å²) in [5.41, 5.74) is 3.03. The second kappa shape index (κ2) is 6.50. The fraction of sp³-hybridized carbons (Fsp3) is 0.600. The molecule has 0 unspecified atom stereocenters. The number of aryl methyl sites for hydroxylation is 2. The number of pyridine rings is 1. The van der Waals surface area contributed by atoms with E-state index in [4.69, 9.17) is 12.2 Å². The number of unbranched alkanes of at least 4 members (excludes halogenated alkanes) is 1. The standard InChI is InChI=1S/C15H24N4S/c1-11(2)18(4)9-5-6-10-19-14-13(17-15(19)20)8-7-12(3)16-14/h7-8,11H,5-6,9-10H2,1-4H3,(H,17,20). The topological polar surface area (TPSA) is 36.9 Å². The van der Waals surface area contributed by atoms with Gasteiger partial charge >= 0.3 is 0 Å². The van der Waals surface area contributed by atoms with E-state index < -0.39 is 0 Å². The second-order valence-electron chi connectivity index (χ2n) is 5.69. The van der Waals surface area contributed by atoms with Gasteiger partial charge in [0, 0.05) is 18.3 Å². The first-order valence-corrected chi connectivity index (χ1v) is 7.66. The highest BCUT2D eigenvalue weighted by Gasteiger charge is 2.07. The van der Waals surface area contributed by atoms with Crippen LogP contribution in [-0.2, 0) is 6.54 Å². The Morgan fingerprint density at radius 3 is 2.80 bits per heavy atom. The van der Waals surface area contributed by atoms with Crippen molar-refractivity contribution in [2.75, 3.05) is 13.6 Å². The highest BCUT2D eigenvalue weighted by molar-refractivity contribution is 7.71. The molecule has 0 fully saturated rings. The summed E-state index contributed by atoms with van der Waals surface area (Å²) in [5, 5.41) is 0. The molecule has 0 bridgehead atoms. The number of H-pyrrole nitrogens is 1. The highest BCUT2D eigenvalue weighted by atomic mass is 32.1. The molecule has 0 aromatic carbocycles. The molecule has 110 valence electrons. The minimum Gasteiger partial charge on any atom is -0.329 e. The van der Waals surface area contributed by atoms with Crippen LogP contribution in [0.1, 0.15) is 32.4 Å². The van der Waals surface area contributed by atoms with Crippen molar-refractivity contribution in [3.63, 3.8) is 0 Å². The van der Waals surface area contributed by atoms with Crippen LogP contribution in [0.3, 0.4) is 0 Å². The quantitative estimate of drug-likeness (QED) is 0.654. The van der Waals surface area contributed by atoms with Gasteiger partial charge in [0.15, 0.2) is 10.4 Å². The molecule has 0 aliphatic rings. The van der Waals surface area contributed by atoms with Gasteiger partial charge in [0.1, 0.15) is 0 Å². The van der Waals surface area contributed by atoms with Gasteiger partial charge in [-0.25, -0.2) is 4.98 Å². The molecule has 0 amide bonds. The van der Waals surface area contributed by atoms with E-state index in [2.05, 4.69) is 46.4 Å². The Kier molecular flexibility index (Phi) is 4.94. The number of nitrogens with zero attached hydrogens (tertiary/aromatic N) is 3. The maximum absolute atomic E-state index is 5.40. The van der Waals surface area contributed by atoms with Crippen molar-refractivity contribution in [1.82, 2.24) is 19.4 Å². The largest absolute Gasteiger partial charge is 0.329 e. The maximum atomic E-state index is 5.40. The summed E-state index contributed by atoms with van der Waals surface area (Å²) in [6, 6.07) is 4.67. The number of aromatic amines is 1. The molecule has 20 heavy (non-hydrogen) atoms. The van der Waals surface area contributed by atoms with Crippen molar-refractivity contribution < 1.29 is 0 Å². The molecule has 0 saturated heterocycles. The van der Waals surface area contributed by atoms with Crippen LogP contribution in [-0.4, -0.2) is 39.1 Å². The summed E-state index contributed by atoms with van der Waals surface area (Å²) in [5.74, 6) is 0. The number of fused-ring (bicyclic) bond motifs is 1. The summed E-state index contributed by atoms with van der Waals surface area (Å²) in [6.07, 6.45) is 2.29. The van der Waals surface area contributed by atoms with Crippen LogP contribution < -0.4 is 0 Å². The van der Waals surface area contributed by atoms with Crippen molar-refractivity contribution in [2.45, 2.75) is 46.2 Å². The molecule has 0 saturated carbocycles. The van der Waals surface area contributed by atoms with Crippen LogP contribution in [0.2, 0.25) is 0 Å². The summed E-state index contributed by atoms with van der Waals surface area (Å²) in [6.45, 7) is 8.52. The van der Waals surface area contributed by atoms with E-state index in [1.165, 1.54) is 6.42 Å². The van der Waals surface area contributed by atoms with Gasteiger partial charge in [0.25, 0.3) is 0 Å². The number of imidazole rings is 1. The predicted molar refractivity (Wildman–Crippen MR) is 86.7 cm³/mol. The summed E-state index contributed by atoms with van der Waals surface area (Å²) >= 11 is 5.40. The van der Waals surface area contributed by atoms with E-state index >= 15 is 0 Å². The van der Waals surface area contributed by atoms with E-state index in [1.54, 1.807) is 0 Å². The zero-order valence-corrected chi connectivity index (χ0v) is 13.6. The van der Waals surface area contributed by atoms with Crippen molar-refractivity contribution in [3.05, 3.63) is 22.6 Å². The van der Waals surface area contributed by atoms with Crippen molar-refractivity contribution >= 4 is 23.4 Å². The van der Waals surface area contributed by atoms with Crippen molar-refractivity contribution in [1.29, 1.82) is 0 Å². The normalized spacial score (nSPS) is 11.9. The molecule has 0 atom stereocenters. The van der Waals surface area contributed by atoms with Gasteiger partial charge in [-0.15, -0.1) is 0 Å². The van der Waals surface area contributed by atoms with Crippen LogP contribution in [0.4, 0.5) is 0 Å². The molecule has 5 heteroatoms. The Morgan fingerprint density at radius 1 is 1.35 bits per heavy atom. The molecule has 0 spiro atoms. The second-order valence-corrected chi connectivity index (χ2v) is 6.07. The molecule has 2 rings (SSSR count). The number of hydrogen-bond acceptors (Lipinski definition) is 3. The van der Waals surface area contributed by atoms with Crippen molar-refractivity contribution in [3.8, 4) is 0 Å². The fourth-order valence-corrected chi connectivity index (χ4v) is 2.51. The summed E-state index contributed by atoms with van der Waals surface area (Å²) in [7, 11) is 2.17.